The molecule has 0 radical (unpaired) electrons. The Kier molecular flexibility index (Phi) is 4.74. The van der Waals surface area contributed by atoms with E-state index in [9.17, 15) is 4.79 Å². The summed E-state index contributed by atoms with van der Waals surface area (Å²) in [7, 11) is 1.40. The van der Waals surface area contributed by atoms with Crippen molar-refractivity contribution in [3.05, 3.63) is 53.1 Å². The van der Waals surface area contributed by atoms with Crippen molar-refractivity contribution in [2.45, 2.75) is 33.1 Å². The molecule has 0 aliphatic carbocycles. The zero-order valence-electron chi connectivity index (χ0n) is 15.0. The number of imidazole rings is 1. The molecule has 0 spiro atoms. The molecule has 0 fully saturated rings. The highest BCUT2D eigenvalue weighted by Gasteiger charge is 2.10. The molecule has 0 unspecified atom stereocenters. The zero-order valence-corrected chi connectivity index (χ0v) is 15.0. The number of H-pyrrole nitrogens is 1. The Labute approximate surface area is 147 Å². The van der Waals surface area contributed by atoms with Crippen molar-refractivity contribution in [3.63, 3.8) is 0 Å². The van der Waals surface area contributed by atoms with Gasteiger partial charge >= 0.3 is 5.97 Å². The molecule has 0 amide bonds. The summed E-state index contributed by atoms with van der Waals surface area (Å²) < 4.78 is 4.75. The number of aryl methyl sites for hydroxylation is 1. The van der Waals surface area contributed by atoms with Crippen LogP contribution in [0.15, 0.2) is 36.4 Å². The molecule has 0 saturated heterocycles. The van der Waals surface area contributed by atoms with Crippen LogP contribution < -0.4 is 5.32 Å². The summed E-state index contributed by atoms with van der Waals surface area (Å²) in [5.74, 6) is 0.944. The molecule has 3 aromatic rings. The lowest BCUT2D eigenvalue weighted by Gasteiger charge is -2.07. The van der Waals surface area contributed by atoms with E-state index in [1.807, 2.05) is 19.1 Å². The van der Waals surface area contributed by atoms with E-state index in [4.69, 9.17) is 4.74 Å². The number of hydrogen-bond acceptors (Lipinski definition) is 4. The van der Waals surface area contributed by atoms with Crippen LogP contribution in [0.2, 0.25) is 0 Å². The van der Waals surface area contributed by atoms with Crippen LogP contribution in [0, 0.1) is 6.92 Å². The largest absolute Gasteiger partial charge is 0.469 e. The Morgan fingerprint density at radius 3 is 2.60 bits per heavy atom. The molecular weight excluding hydrogens is 314 g/mol. The van der Waals surface area contributed by atoms with E-state index < -0.39 is 0 Å². The van der Waals surface area contributed by atoms with Crippen LogP contribution in [-0.2, 0) is 16.0 Å². The predicted octanol–water partition coefficient (Wildman–Crippen LogP) is 4.45. The SMILES string of the molecule is COC(=O)Cc1cc2nc(Nc3ccc(C(C)C)cc3)[nH]c2cc1C. The topological polar surface area (TPSA) is 67.0 Å². The summed E-state index contributed by atoms with van der Waals surface area (Å²) >= 11 is 0. The molecule has 0 aliphatic rings. The Morgan fingerprint density at radius 2 is 1.96 bits per heavy atom. The van der Waals surface area contributed by atoms with E-state index in [1.165, 1.54) is 12.7 Å². The van der Waals surface area contributed by atoms with Crippen molar-refractivity contribution in [1.29, 1.82) is 0 Å². The average Bonchev–Trinajstić information content (AvgIpc) is 2.96. The fourth-order valence-corrected chi connectivity index (χ4v) is 2.77. The van der Waals surface area contributed by atoms with Crippen LogP contribution in [0.3, 0.4) is 0 Å². The van der Waals surface area contributed by atoms with Crippen LogP contribution in [0.4, 0.5) is 11.6 Å². The number of anilines is 2. The smallest absolute Gasteiger partial charge is 0.309 e. The van der Waals surface area contributed by atoms with Crippen molar-refractivity contribution in [2.24, 2.45) is 0 Å². The first-order valence-corrected chi connectivity index (χ1v) is 8.39. The predicted molar refractivity (Wildman–Crippen MR) is 100 cm³/mol. The summed E-state index contributed by atoms with van der Waals surface area (Å²) in [6, 6.07) is 12.3. The summed E-state index contributed by atoms with van der Waals surface area (Å²) in [5.41, 5.74) is 6.01. The van der Waals surface area contributed by atoms with Gasteiger partial charge in [-0.1, -0.05) is 26.0 Å². The highest BCUT2D eigenvalue weighted by molar-refractivity contribution is 5.82. The molecule has 2 aromatic carbocycles. The van der Waals surface area contributed by atoms with E-state index >= 15 is 0 Å². The number of benzene rings is 2. The number of fused-ring (bicyclic) bond motifs is 1. The van der Waals surface area contributed by atoms with Gasteiger partial charge in [0.1, 0.15) is 0 Å². The number of aromatic amines is 1. The van der Waals surface area contributed by atoms with Crippen molar-refractivity contribution >= 4 is 28.6 Å². The molecule has 0 atom stereocenters. The Balaban J connectivity index is 1.84. The van der Waals surface area contributed by atoms with Crippen LogP contribution in [-0.4, -0.2) is 23.0 Å². The van der Waals surface area contributed by atoms with Gasteiger partial charge in [0.25, 0.3) is 0 Å². The van der Waals surface area contributed by atoms with Gasteiger partial charge in [-0.05, 0) is 53.8 Å². The Morgan fingerprint density at radius 1 is 1.24 bits per heavy atom. The maximum Gasteiger partial charge on any atom is 0.309 e. The van der Waals surface area contributed by atoms with Gasteiger partial charge in [0.05, 0.1) is 24.6 Å². The molecule has 5 nitrogen and oxygen atoms in total. The van der Waals surface area contributed by atoms with Crippen LogP contribution in [0.5, 0.6) is 0 Å². The lowest BCUT2D eigenvalue weighted by molar-refractivity contribution is -0.139. The minimum Gasteiger partial charge on any atom is -0.469 e. The van der Waals surface area contributed by atoms with Crippen molar-refractivity contribution in [2.75, 3.05) is 12.4 Å². The second-order valence-corrected chi connectivity index (χ2v) is 6.54. The number of rotatable bonds is 5. The Bertz CT molecular complexity index is 895. The monoisotopic (exact) mass is 337 g/mol. The maximum absolute atomic E-state index is 11.5. The lowest BCUT2D eigenvalue weighted by Crippen LogP contribution is -2.05. The average molecular weight is 337 g/mol. The second kappa shape index (κ2) is 6.97. The summed E-state index contributed by atoms with van der Waals surface area (Å²) in [6.45, 7) is 6.34. The van der Waals surface area contributed by atoms with Gasteiger partial charge in [0.15, 0.2) is 0 Å². The first-order valence-electron chi connectivity index (χ1n) is 8.39. The highest BCUT2D eigenvalue weighted by atomic mass is 16.5. The maximum atomic E-state index is 11.5. The molecule has 1 aromatic heterocycles. The molecule has 1 heterocycles. The standard InChI is InChI=1S/C20H23N3O2/c1-12(2)14-5-7-16(8-6-14)21-20-22-17-9-13(3)15(10-18(17)23-20)11-19(24)25-4/h5-10,12H,11H2,1-4H3,(H2,21,22,23). The third kappa shape index (κ3) is 3.82. The van der Waals surface area contributed by atoms with Gasteiger partial charge in [0, 0.05) is 5.69 Å². The molecule has 0 bridgehead atoms. The number of methoxy groups -OCH3 is 1. The second-order valence-electron chi connectivity index (χ2n) is 6.54. The minimum absolute atomic E-state index is 0.249. The molecule has 2 N–H and O–H groups in total. The van der Waals surface area contributed by atoms with Crippen molar-refractivity contribution in [3.8, 4) is 0 Å². The minimum atomic E-state index is -0.249. The molecular formula is C20H23N3O2. The highest BCUT2D eigenvalue weighted by Crippen LogP contribution is 2.23. The first kappa shape index (κ1) is 17.0. The van der Waals surface area contributed by atoms with Gasteiger partial charge in [0.2, 0.25) is 5.95 Å². The van der Waals surface area contributed by atoms with Crippen LogP contribution in [0.25, 0.3) is 11.0 Å². The number of esters is 1. The fraction of sp³-hybridized carbons (Fsp3) is 0.300. The third-order valence-corrected chi connectivity index (χ3v) is 4.34. The number of hydrogen-bond donors (Lipinski definition) is 2. The molecule has 0 saturated carbocycles. The van der Waals surface area contributed by atoms with Crippen LogP contribution in [0.1, 0.15) is 36.5 Å². The van der Waals surface area contributed by atoms with Gasteiger partial charge in [-0.2, -0.15) is 0 Å². The quantitative estimate of drug-likeness (QED) is 0.675. The van der Waals surface area contributed by atoms with Crippen LogP contribution >= 0.6 is 0 Å². The molecule has 25 heavy (non-hydrogen) atoms. The normalized spacial score (nSPS) is 11.1. The zero-order chi connectivity index (χ0) is 18.0. The van der Waals surface area contributed by atoms with E-state index in [1.54, 1.807) is 0 Å². The van der Waals surface area contributed by atoms with E-state index in [0.29, 0.717) is 11.9 Å². The summed E-state index contributed by atoms with van der Waals surface area (Å²) in [5, 5.41) is 3.29. The number of aromatic nitrogens is 2. The Hall–Kier alpha value is -2.82. The summed E-state index contributed by atoms with van der Waals surface area (Å²) in [4.78, 5) is 19.4. The third-order valence-electron chi connectivity index (χ3n) is 4.34. The van der Waals surface area contributed by atoms with Gasteiger partial charge < -0.3 is 15.0 Å². The van der Waals surface area contributed by atoms with E-state index in [2.05, 4.69) is 53.4 Å². The van der Waals surface area contributed by atoms with E-state index in [0.717, 1.165) is 27.8 Å². The lowest BCUT2D eigenvalue weighted by atomic mass is 10.0. The number of nitrogens with zero attached hydrogens (tertiary/aromatic N) is 1. The first-order chi connectivity index (χ1) is 12.0. The van der Waals surface area contributed by atoms with Gasteiger partial charge in [-0.3, -0.25) is 4.79 Å². The molecule has 5 heteroatoms. The molecule has 3 rings (SSSR count). The number of carbonyl (C=O) groups excluding carboxylic acids is 1. The summed E-state index contributed by atoms with van der Waals surface area (Å²) in [6.07, 6.45) is 0.255. The molecule has 0 aliphatic heterocycles. The van der Waals surface area contributed by atoms with Crippen molar-refractivity contribution < 1.29 is 9.53 Å². The fourth-order valence-electron chi connectivity index (χ4n) is 2.77. The molecule has 130 valence electrons. The number of carbonyl (C=O) groups is 1. The van der Waals surface area contributed by atoms with E-state index in [-0.39, 0.29) is 12.4 Å². The van der Waals surface area contributed by atoms with Crippen molar-refractivity contribution in [1.82, 2.24) is 9.97 Å². The van der Waals surface area contributed by atoms with Gasteiger partial charge in [-0.25, -0.2) is 4.98 Å². The number of ether oxygens (including phenoxy) is 1. The number of nitrogens with one attached hydrogen (secondary N) is 2. The van der Waals surface area contributed by atoms with Gasteiger partial charge in [-0.15, -0.1) is 0 Å².